The second kappa shape index (κ2) is 6.79. The normalized spacial score (nSPS) is 11.2. The number of hydrogen-bond acceptors (Lipinski definition) is 2. The van der Waals surface area contributed by atoms with Crippen LogP contribution in [-0.4, -0.2) is 19.5 Å². The van der Waals surface area contributed by atoms with Gasteiger partial charge in [-0.05, 0) is 24.6 Å². The Morgan fingerprint density at radius 2 is 2.05 bits per heavy atom. The highest BCUT2D eigenvalue weighted by molar-refractivity contribution is 9.10. The van der Waals surface area contributed by atoms with Crippen molar-refractivity contribution in [1.82, 2.24) is 5.32 Å². The molecule has 3 nitrogen and oxygen atoms in total. The van der Waals surface area contributed by atoms with Crippen LogP contribution in [0.4, 0.5) is 18.9 Å². The maximum Gasteiger partial charge on any atom is 0.418 e. The van der Waals surface area contributed by atoms with Crippen LogP contribution in [0.15, 0.2) is 22.7 Å². The number of halogens is 4. The van der Waals surface area contributed by atoms with Crippen molar-refractivity contribution < 1.29 is 18.0 Å². The van der Waals surface area contributed by atoms with E-state index in [-0.39, 0.29) is 18.0 Å². The molecule has 0 radical (unpaired) electrons. The van der Waals surface area contributed by atoms with Crippen molar-refractivity contribution in [3.63, 3.8) is 0 Å². The van der Waals surface area contributed by atoms with Crippen molar-refractivity contribution in [2.45, 2.75) is 19.0 Å². The summed E-state index contributed by atoms with van der Waals surface area (Å²) >= 11 is 3.02. The van der Waals surface area contributed by atoms with Crippen molar-refractivity contribution in [3.05, 3.63) is 28.2 Å². The molecule has 0 aromatic heterocycles. The Morgan fingerprint density at radius 1 is 1.37 bits per heavy atom. The fourth-order valence-electron chi connectivity index (χ4n) is 1.50. The lowest BCUT2D eigenvalue weighted by Gasteiger charge is -2.14. The van der Waals surface area contributed by atoms with Gasteiger partial charge in [0.25, 0.3) is 0 Å². The molecule has 0 fully saturated rings. The third-order valence-corrected chi connectivity index (χ3v) is 2.96. The summed E-state index contributed by atoms with van der Waals surface area (Å²) in [5, 5.41) is 5.16. The molecule has 7 heteroatoms. The number of hydrogen-bond donors (Lipinski definition) is 2. The first kappa shape index (κ1) is 15.8. The minimum atomic E-state index is -4.41. The van der Waals surface area contributed by atoms with E-state index >= 15 is 0 Å². The predicted octanol–water partition coefficient (Wildman–Crippen LogP) is 3.41. The molecule has 0 atom stereocenters. The highest BCUT2D eigenvalue weighted by Gasteiger charge is 2.33. The minimum Gasteiger partial charge on any atom is -0.385 e. The molecule has 1 rings (SSSR count). The van der Waals surface area contributed by atoms with E-state index in [1.807, 2.05) is 0 Å². The molecule has 0 bridgehead atoms. The van der Waals surface area contributed by atoms with Crippen LogP contribution in [0.1, 0.15) is 18.4 Å². The quantitative estimate of drug-likeness (QED) is 0.808. The van der Waals surface area contributed by atoms with Crippen molar-refractivity contribution in [1.29, 1.82) is 0 Å². The van der Waals surface area contributed by atoms with Gasteiger partial charge in [-0.3, -0.25) is 4.79 Å². The van der Waals surface area contributed by atoms with Crippen LogP contribution in [0.3, 0.4) is 0 Å². The lowest BCUT2D eigenvalue weighted by atomic mass is 10.1. The molecule has 0 saturated carbocycles. The molecule has 0 heterocycles. The first-order valence-corrected chi connectivity index (χ1v) is 6.45. The van der Waals surface area contributed by atoms with E-state index in [4.69, 9.17) is 0 Å². The maximum atomic E-state index is 12.8. The van der Waals surface area contributed by atoms with E-state index in [0.29, 0.717) is 17.4 Å². The van der Waals surface area contributed by atoms with Gasteiger partial charge in [0.15, 0.2) is 0 Å². The van der Waals surface area contributed by atoms with Gasteiger partial charge < -0.3 is 10.6 Å². The Bertz CT molecular complexity index is 449. The third-order valence-electron chi connectivity index (χ3n) is 2.46. The van der Waals surface area contributed by atoms with Crippen LogP contribution < -0.4 is 10.6 Å². The van der Waals surface area contributed by atoms with Gasteiger partial charge in [0.05, 0.1) is 5.56 Å². The summed E-state index contributed by atoms with van der Waals surface area (Å²) in [7, 11) is 1.52. The van der Waals surface area contributed by atoms with E-state index in [1.165, 1.54) is 19.2 Å². The van der Waals surface area contributed by atoms with Gasteiger partial charge in [-0.1, -0.05) is 15.9 Å². The van der Waals surface area contributed by atoms with E-state index in [9.17, 15) is 18.0 Å². The van der Waals surface area contributed by atoms with Gasteiger partial charge in [-0.2, -0.15) is 13.2 Å². The van der Waals surface area contributed by atoms with Crippen LogP contribution in [0.2, 0.25) is 0 Å². The zero-order valence-corrected chi connectivity index (χ0v) is 11.9. The predicted molar refractivity (Wildman–Crippen MR) is 70.9 cm³/mol. The third kappa shape index (κ3) is 5.10. The number of carbonyl (C=O) groups is 1. The maximum absolute atomic E-state index is 12.8. The zero-order chi connectivity index (χ0) is 14.5. The van der Waals surface area contributed by atoms with Crippen molar-refractivity contribution in [2.24, 2.45) is 0 Å². The summed E-state index contributed by atoms with van der Waals surface area (Å²) in [5.41, 5.74) is -0.700. The number of benzene rings is 1. The van der Waals surface area contributed by atoms with Gasteiger partial charge in [0.1, 0.15) is 0 Å². The highest BCUT2D eigenvalue weighted by Crippen LogP contribution is 2.36. The first-order valence-electron chi connectivity index (χ1n) is 5.66. The van der Waals surface area contributed by atoms with Crippen molar-refractivity contribution >= 4 is 27.5 Å². The molecule has 0 aliphatic rings. The largest absolute Gasteiger partial charge is 0.418 e. The SMILES string of the molecule is CNC(=O)CCCNc1ccc(Br)cc1C(F)(F)F. The molecule has 19 heavy (non-hydrogen) atoms. The smallest absolute Gasteiger partial charge is 0.385 e. The molecule has 1 aromatic rings. The number of amides is 1. The monoisotopic (exact) mass is 338 g/mol. The Labute approximate surface area is 117 Å². The van der Waals surface area contributed by atoms with Crippen LogP contribution >= 0.6 is 15.9 Å². The molecule has 2 N–H and O–H groups in total. The second-order valence-corrected chi connectivity index (χ2v) is 4.81. The van der Waals surface area contributed by atoms with E-state index < -0.39 is 11.7 Å². The van der Waals surface area contributed by atoms with Crippen LogP contribution in [-0.2, 0) is 11.0 Å². The molecule has 106 valence electrons. The molecule has 1 amide bonds. The first-order chi connectivity index (χ1) is 8.84. The van der Waals surface area contributed by atoms with Crippen molar-refractivity contribution in [2.75, 3.05) is 18.9 Å². The highest BCUT2D eigenvalue weighted by atomic mass is 79.9. The van der Waals surface area contributed by atoms with Gasteiger partial charge in [0, 0.05) is 30.2 Å². The molecular weight excluding hydrogens is 325 g/mol. The molecule has 0 aliphatic carbocycles. The minimum absolute atomic E-state index is 0.0209. The summed E-state index contributed by atoms with van der Waals surface area (Å²) in [6, 6.07) is 3.93. The standard InChI is InChI=1S/C12H14BrF3N2O/c1-17-11(19)3-2-6-18-10-5-4-8(13)7-9(10)12(14,15)16/h4-5,7,18H,2-3,6H2,1H3,(H,17,19). The Balaban J connectivity index is 2.66. The fraction of sp³-hybridized carbons (Fsp3) is 0.417. The van der Waals surface area contributed by atoms with Gasteiger partial charge >= 0.3 is 6.18 Å². The summed E-state index contributed by atoms with van der Waals surface area (Å²) in [4.78, 5) is 11.0. The number of alkyl halides is 3. The Morgan fingerprint density at radius 3 is 2.63 bits per heavy atom. The Hall–Kier alpha value is -1.24. The molecular formula is C12H14BrF3N2O. The lowest BCUT2D eigenvalue weighted by Crippen LogP contribution is -2.19. The van der Waals surface area contributed by atoms with Crippen LogP contribution in [0.5, 0.6) is 0 Å². The van der Waals surface area contributed by atoms with Crippen molar-refractivity contribution in [3.8, 4) is 0 Å². The van der Waals surface area contributed by atoms with E-state index in [2.05, 4.69) is 26.6 Å². The van der Waals surface area contributed by atoms with Gasteiger partial charge in [-0.25, -0.2) is 0 Å². The van der Waals surface area contributed by atoms with Gasteiger partial charge in [0.2, 0.25) is 5.91 Å². The number of nitrogens with one attached hydrogen (secondary N) is 2. The second-order valence-electron chi connectivity index (χ2n) is 3.89. The zero-order valence-electron chi connectivity index (χ0n) is 10.3. The average molecular weight is 339 g/mol. The van der Waals surface area contributed by atoms with E-state index in [1.54, 1.807) is 0 Å². The summed E-state index contributed by atoms with van der Waals surface area (Å²) in [6.07, 6.45) is -3.67. The molecule has 0 spiro atoms. The topological polar surface area (TPSA) is 41.1 Å². The van der Waals surface area contributed by atoms with Gasteiger partial charge in [-0.15, -0.1) is 0 Å². The number of anilines is 1. The average Bonchev–Trinajstić information content (AvgIpc) is 2.34. The number of carbonyl (C=O) groups excluding carboxylic acids is 1. The molecule has 0 aliphatic heterocycles. The summed E-state index contributed by atoms with van der Waals surface area (Å²) in [5.74, 6) is -0.131. The fourth-order valence-corrected chi connectivity index (χ4v) is 1.86. The Kier molecular flexibility index (Phi) is 5.65. The molecule has 0 unspecified atom stereocenters. The summed E-state index contributed by atoms with van der Waals surface area (Å²) in [6.45, 7) is 0.304. The molecule has 1 aromatic carbocycles. The van der Waals surface area contributed by atoms with Crippen LogP contribution in [0, 0.1) is 0 Å². The van der Waals surface area contributed by atoms with E-state index in [0.717, 1.165) is 6.07 Å². The van der Waals surface area contributed by atoms with Crippen LogP contribution in [0.25, 0.3) is 0 Å². The number of rotatable bonds is 5. The summed E-state index contributed by atoms with van der Waals surface area (Å²) < 4.78 is 38.8. The lowest BCUT2D eigenvalue weighted by molar-refractivity contribution is -0.137. The molecule has 0 saturated heterocycles.